The van der Waals surface area contributed by atoms with Gasteiger partial charge in [0.25, 0.3) is 0 Å². The molecule has 110 valence electrons. The molecule has 2 heterocycles. The van der Waals surface area contributed by atoms with Gasteiger partial charge in [0.1, 0.15) is 5.82 Å². The van der Waals surface area contributed by atoms with Gasteiger partial charge in [0, 0.05) is 25.2 Å². The molecule has 2 N–H and O–H groups in total. The van der Waals surface area contributed by atoms with Crippen molar-refractivity contribution in [1.29, 1.82) is 0 Å². The third kappa shape index (κ3) is 2.54. The van der Waals surface area contributed by atoms with E-state index in [0.29, 0.717) is 6.04 Å². The Morgan fingerprint density at radius 3 is 2.70 bits per heavy atom. The molecular formula is C16H24FN3. The van der Waals surface area contributed by atoms with Gasteiger partial charge in [-0.3, -0.25) is 4.90 Å². The molecule has 0 aliphatic carbocycles. The fourth-order valence-corrected chi connectivity index (χ4v) is 3.58. The lowest BCUT2D eigenvalue weighted by molar-refractivity contribution is 0.260. The first-order chi connectivity index (χ1) is 9.66. The number of likely N-dealkylation sites (tertiary alicyclic amines) is 1. The number of rotatable bonds is 3. The first-order valence-corrected chi connectivity index (χ1v) is 7.70. The number of para-hydroxylation sites is 1. The summed E-state index contributed by atoms with van der Waals surface area (Å²) in [5.41, 5.74) is 7.65. The molecule has 0 bridgehead atoms. The minimum absolute atomic E-state index is 0.133. The molecule has 2 saturated heterocycles. The Bertz CT molecular complexity index is 469. The van der Waals surface area contributed by atoms with Crippen LogP contribution >= 0.6 is 0 Å². The van der Waals surface area contributed by atoms with Crippen molar-refractivity contribution in [3.8, 4) is 0 Å². The van der Waals surface area contributed by atoms with Gasteiger partial charge in [-0.1, -0.05) is 12.1 Å². The first-order valence-electron chi connectivity index (χ1n) is 7.70. The van der Waals surface area contributed by atoms with Crippen molar-refractivity contribution in [2.24, 2.45) is 5.73 Å². The van der Waals surface area contributed by atoms with Crippen LogP contribution in [0.1, 0.15) is 37.8 Å². The highest BCUT2D eigenvalue weighted by Crippen LogP contribution is 2.32. The average molecular weight is 277 g/mol. The summed E-state index contributed by atoms with van der Waals surface area (Å²) in [5.74, 6) is -0.137. The second-order valence-corrected chi connectivity index (χ2v) is 6.10. The van der Waals surface area contributed by atoms with Gasteiger partial charge in [-0.05, 0) is 50.9 Å². The molecule has 0 radical (unpaired) electrons. The van der Waals surface area contributed by atoms with Gasteiger partial charge in [-0.25, -0.2) is 4.39 Å². The molecule has 2 atom stereocenters. The molecular weight excluding hydrogens is 253 g/mol. The lowest BCUT2D eigenvalue weighted by Gasteiger charge is -2.26. The van der Waals surface area contributed by atoms with Gasteiger partial charge >= 0.3 is 0 Å². The van der Waals surface area contributed by atoms with Crippen LogP contribution in [0.25, 0.3) is 0 Å². The summed E-state index contributed by atoms with van der Waals surface area (Å²) >= 11 is 0. The fourth-order valence-electron chi connectivity index (χ4n) is 3.58. The molecule has 0 aromatic heterocycles. The van der Waals surface area contributed by atoms with E-state index >= 15 is 0 Å². The second kappa shape index (κ2) is 5.70. The molecule has 1 aromatic rings. The molecule has 3 nitrogen and oxygen atoms in total. The molecule has 0 spiro atoms. The van der Waals surface area contributed by atoms with Gasteiger partial charge in [-0.15, -0.1) is 0 Å². The van der Waals surface area contributed by atoms with Gasteiger partial charge in [0.15, 0.2) is 0 Å². The monoisotopic (exact) mass is 277 g/mol. The quantitative estimate of drug-likeness (QED) is 0.921. The van der Waals surface area contributed by atoms with Gasteiger partial charge in [0.05, 0.1) is 5.69 Å². The number of hydrogen-bond acceptors (Lipinski definition) is 3. The molecule has 4 heteroatoms. The van der Waals surface area contributed by atoms with Crippen molar-refractivity contribution in [1.82, 2.24) is 4.90 Å². The fraction of sp³-hybridized carbons (Fsp3) is 0.625. The molecule has 2 fully saturated rings. The number of anilines is 1. The summed E-state index contributed by atoms with van der Waals surface area (Å²) < 4.78 is 14.3. The van der Waals surface area contributed by atoms with Crippen LogP contribution in [0.2, 0.25) is 0 Å². The zero-order chi connectivity index (χ0) is 14.1. The number of halogens is 1. The molecule has 0 amide bonds. The second-order valence-electron chi connectivity index (χ2n) is 6.10. The Hall–Kier alpha value is -1.13. The van der Waals surface area contributed by atoms with E-state index in [2.05, 4.69) is 9.80 Å². The Balaban J connectivity index is 1.80. The third-order valence-corrected chi connectivity index (χ3v) is 4.65. The van der Waals surface area contributed by atoms with Crippen LogP contribution in [0, 0.1) is 5.82 Å². The molecule has 1 aromatic carbocycles. The van der Waals surface area contributed by atoms with E-state index in [1.807, 2.05) is 13.0 Å². The summed E-state index contributed by atoms with van der Waals surface area (Å²) in [6, 6.07) is 5.70. The van der Waals surface area contributed by atoms with Gasteiger partial charge < -0.3 is 10.6 Å². The Morgan fingerprint density at radius 1 is 1.25 bits per heavy atom. The number of hydrogen-bond donors (Lipinski definition) is 1. The molecule has 3 rings (SSSR count). The van der Waals surface area contributed by atoms with Crippen molar-refractivity contribution in [3.05, 3.63) is 29.6 Å². The maximum atomic E-state index is 14.3. The minimum atomic E-state index is -0.137. The molecule has 20 heavy (non-hydrogen) atoms. The molecule has 1 unspecified atom stereocenters. The summed E-state index contributed by atoms with van der Waals surface area (Å²) in [6.45, 7) is 6.20. The van der Waals surface area contributed by atoms with Crippen LogP contribution in [0.5, 0.6) is 0 Å². The lowest BCUT2D eigenvalue weighted by Crippen LogP contribution is -2.35. The summed E-state index contributed by atoms with van der Waals surface area (Å²) in [7, 11) is 0. The third-order valence-electron chi connectivity index (χ3n) is 4.65. The maximum absolute atomic E-state index is 14.3. The molecule has 0 saturated carbocycles. The van der Waals surface area contributed by atoms with E-state index in [1.54, 1.807) is 12.1 Å². The first kappa shape index (κ1) is 13.8. The maximum Gasteiger partial charge on any atom is 0.146 e. The van der Waals surface area contributed by atoms with Crippen molar-refractivity contribution in [3.63, 3.8) is 0 Å². The number of benzene rings is 1. The number of nitrogens with two attached hydrogens (primary N) is 1. The Kier molecular flexibility index (Phi) is 3.94. The lowest BCUT2D eigenvalue weighted by atomic mass is 10.1. The topological polar surface area (TPSA) is 32.5 Å². The van der Waals surface area contributed by atoms with Gasteiger partial charge in [0.2, 0.25) is 0 Å². The number of nitrogens with zero attached hydrogens (tertiary/aromatic N) is 2. The van der Waals surface area contributed by atoms with Crippen LogP contribution in [0.15, 0.2) is 18.2 Å². The molecule has 2 aliphatic heterocycles. The van der Waals surface area contributed by atoms with E-state index in [1.165, 1.54) is 25.9 Å². The van der Waals surface area contributed by atoms with Crippen molar-refractivity contribution in [2.75, 3.05) is 31.1 Å². The SMILES string of the molecule is C[C@H](N)c1cccc(F)c1N1CCC(N2CCCC2)C1. The van der Waals surface area contributed by atoms with Crippen LogP contribution in [-0.4, -0.2) is 37.1 Å². The predicted molar refractivity (Wildman–Crippen MR) is 80.4 cm³/mol. The summed E-state index contributed by atoms with van der Waals surface area (Å²) in [5, 5.41) is 0. The highest BCUT2D eigenvalue weighted by molar-refractivity contribution is 5.57. The van der Waals surface area contributed by atoms with Crippen LogP contribution in [0.4, 0.5) is 10.1 Å². The van der Waals surface area contributed by atoms with E-state index in [9.17, 15) is 4.39 Å². The van der Waals surface area contributed by atoms with Gasteiger partial charge in [-0.2, -0.15) is 0 Å². The summed E-state index contributed by atoms with van der Waals surface area (Å²) in [6.07, 6.45) is 3.75. The van der Waals surface area contributed by atoms with E-state index in [-0.39, 0.29) is 11.9 Å². The van der Waals surface area contributed by atoms with Crippen molar-refractivity contribution >= 4 is 5.69 Å². The smallest absolute Gasteiger partial charge is 0.146 e. The highest BCUT2D eigenvalue weighted by Gasteiger charge is 2.31. The predicted octanol–water partition coefficient (Wildman–Crippen LogP) is 2.52. The van der Waals surface area contributed by atoms with Crippen molar-refractivity contribution in [2.45, 2.75) is 38.3 Å². The van der Waals surface area contributed by atoms with E-state index in [4.69, 9.17) is 5.73 Å². The van der Waals surface area contributed by atoms with Crippen LogP contribution < -0.4 is 10.6 Å². The zero-order valence-electron chi connectivity index (χ0n) is 12.2. The largest absolute Gasteiger partial charge is 0.367 e. The minimum Gasteiger partial charge on any atom is -0.367 e. The summed E-state index contributed by atoms with van der Waals surface area (Å²) in [4.78, 5) is 4.75. The highest BCUT2D eigenvalue weighted by atomic mass is 19.1. The standard InChI is InChI=1S/C16H24FN3/c1-12(18)14-5-4-6-15(17)16(14)20-10-7-13(11-20)19-8-2-3-9-19/h4-6,12-13H,2-3,7-11,18H2,1H3/t12-,13?/m0/s1. The Labute approximate surface area is 120 Å². The average Bonchev–Trinajstić information content (AvgIpc) is 3.09. The van der Waals surface area contributed by atoms with E-state index in [0.717, 1.165) is 30.8 Å². The van der Waals surface area contributed by atoms with E-state index < -0.39 is 0 Å². The zero-order valence-corrected chi connectivity index (χ0v) is 12.2. The van der Waals surface area contributed by atoms with Crippen molar-refractivity contribution < 1.29 is 4.39 Å². The normalized spacial score (nSPS) is 25.4. The molecule has 2 aliphatic rings. The van der Waals surface area contributed by atoms with Crippen LogP contribution in [0.3, 0.4) is 0 Å². The Morgan fingerprint density at radius 2 is 2.00 bits per heavy atom. The van der Waals surface area contributed by atoms with Crippen LogP contribution in [-0.2, 0) is 0 Å².